The van der Waals surface area contributed by atoms with Gasteiger partial charge in [0.2, 0.25) is 0 Å². The first kappa shape index (κ1) is 14.4. The van der Waals surface area contributed by atoms with E-state index in [2.05, 4.69) is 5.32 Å². The number of carbonyl (C=O) groups excluding carboxylic acids is 1. The van der Waals surface area contributed by atoms with Gasteiger partial charge in [-0.05, 0) is 11.5 Å². The summed E-state index contributed by atoms with van der Waals surface area (Å²) in [7, 11) is -0.988. The fourth-order valence-corrected chi connectivity index (χ4v) is 3.16. The Balaban J connectivity index is 3.14. The lowest BCUT2D eigenvalue weighted by molar-refractivity contribution is -0.125. The first-order chi connectivity index (χ1) is 7.85. The fraction of sp³-hybridized carbons (Fsp3) is 0.700. The molecule has 1 aliphatic rings. The second-order valence-electron chi connectivity index (χ2n) is 4.13. The lowest BCUT2D eigenvalue weighted by Gasteiger charge is -2.21. The third kappa shape index (κ3) is 2.77. The molecular weight excluding hydrogens is 245 g/mol. The van der Waals surface area contributed by atoms with Crippen molar-refractivity contribution in [2.45, 2.75) is 25.7 Å². The second-order valence-corrected chi connectivity index (χ2v) is 6.46. The van der Waals surface area contributed by atoms with Crippen LogP contribution in [0, 0.1) is 5.92 Å². The van der Waals surface area contributed by atoms with Crippen LogP contribution in [-0.2, 0) is 18.4 Å². The van der Waals surface area contributed by atoms with Crippen molar-refractivity contribution in [3.8, 4) is 0 Å². The number of aliphatic hydroxyl groups excluding tert-OH is 1. The number of amides is 1. The largest absolute Gasteiger partial charge is 0.379 e. The van der Waals surface area contributed by atoms with Crippen LogP contribution in [-0.4, -0.2) is 37.1 Å². The van der Waals surface area contributed by atoms with Gasteiger partial charge in [0.1, 0.15) is 0 Å². The van der Waals surface area contributed by atoms with Crippen LogP contribution in [0.2, 0.25) is 0 Å². The maximum atomic E-state index is 12.2. The normalized spacial score (nSPS) is 27.9. The van der Waals surface area contributed by atoms with Gasteiger partial charge in [-0.3, -0.25) is 9.36 Å². The molecule has 17 heavy (non-hydrogen) atoms. The van der Waals surface area contributed by atoms with Gasteiger partial charge < -0.3 is 19.5 Å². The van der Waals surface area contributed by atoms with Gasteiger partial charge >= 0.3 is 7.60 Å². The van der Waals surface area contributed by atoms with E-state index in [4.69, 9.17) is 9.05 Å². The lowest BCUT2D eigenvalue weighted by atomic mass is 10.1. The van der Waals surface area contributed by atoms with Crippen molar-refractivity contribution in [2.24, 2.45) is 5.92 Å². The molecule has 0 aromatic heterocycles. The molecule has 0 bridgehead atoms. The molecule has 1 aliphatic heterocycles. The predicted molar refractivity (Wildman–Crippen MR) is 62.5 cm³/mol. The Morgan fingerprint density at radius 1 is 1.41 bits per heavy atom. The average Bonchev–Trinajstić information content (AvgIpc) is 2.56. The minimum Gasteiger partial charge on any atom is -0.379 e. The van der Waals surface area contributed by atoms with E-state index in [1.165, 1.54) is 14.2 Å². The number of hydrogen-bond donors (Lipinski definition) is 2. The molecule has 98 valence electrons. The maximum absolute atomic E-state index is 12.2. The highest BCUT2D eigenvalue weighted by Crippen LogP contribution is 2.55. The van der Waals surface area contributed by atoms with Gasteiger partial charge in [-0.2, -0.15) is 0 Å². The Morgan fingerprint density at radius 2 is 1.94 bits per heavy atom. The second kappa shape index (κ2) is 5.31. The Morgan fingerprint density at radius 3 is 2.35 bits per heavy atom. The topological polar surface area (TPSA) is 84.9 Å². The molecular formula is C10H18NO5P. The van der Waals surface area contributed by atoms with Crippen LogP contribution in [0.4, 0.5) is 0 Å². The van der Waals surface area contributed by atoms with Crippen molar-refractivity contribution in [1.82, 2.24) is 5.32 Å². The SMILES string of the molecule is COP(=O)(OC)[C@@H]1NC(=O)[C@H](O)/C1=C\C(C)C. The number of aliphatic hydroxyl groups is 1. The number of hydrogen-bond acceptors (Lipinski definition) is 5. The van der Waals surface area contributed by atoms with Crippen molar-refractivity contribution in [3.05, 3.63) is 11.6 Å². The fourth-order valence-electron chi connectivity index (χ4n) is 1.71. The van der Waals surface area contributed by atoms with Crippen LogP contribution in [0.5, 0.6) is 0 Å². The van der Waals surface area contributed by atoms with E-state index in [-0.39, 0.29) is 5.92 Å². The van der Waals surface area contributed by atoms with Crippen LogP contribution in [0.25, 0.3) is 0 Å². The van der Waals surface area contributed by atoms with Gasteiger partial charge in [0.05, 0.1) is 0 Å². The third-order valence-corrected chi connectivity index (χ3v) is 4.59. The van der Waals surface area contributed by atoms with Crippen LogP contribution in [0.1, 0.15) is 13.8 Å². The number of allylic oxidation sites excluding steroid dienone is 1. The monoisotopic (exact) mass is 263 g/mol. The van der Waals surface area contributed by atoms with E-state index >= 15 is 0 Å². The Kier molecular flexibility index (Phi) is 4.49. The summed E-state index contributed by atoms with van der Waals surface area (Å²) in [5.74, 6) is -1.39. The van der Waals surface area contributed by atoms with Gasteiger partial charge in [-0.15, -0.1) is 0 Å². The van der Waals surface area contributed by atoms with Gasteiger partial charge in [0.15, 0.2) is 11.9 Å². The molecule has 0 radical (unpaired) electrons. The first-order valence-electron chi connectivity index (χ1n) is 5.27. The summed E-state index contributed by atoms with van der Waals surface area (Å²) in [4.78, 5) is 11.4. The zero-order valence-electron chi connectivity index (χ0n) is 10.3. The van der Waals surface area contributed by atoms with Crippen molar-refractivity contribution < 1.29 is 23.5 Å². The van der Waals surface area contributed by atoms with E-state index in [0.29, 0.717) is 5.57 Å². The summed E-state index contributed by atoms with van der Waals surface area (Å²) in [5, 5.41) is 12.1. The molecule has 7 heteroatoms. The summed E-state index contributed by atoms with van der Waals surface area (Å²) < 4.78 is 21.9. The highest BCUT2D eigenvalue weighted by atomic mass is 31.2. The maximum Gasteiger partial charge on any atom is 0.356 e. The molecule has 1 rings (SSSR count). The summed E-state index contributed by atoms with van der Waals surface area (Å²) >= 11 is 0. The molecule has 2 atom stereocenters. The van der Waals surface area contributed by atoms with Gasteiger partial charge in [0, 0.05) is 14.2 Å². The Labute approximate surface area is 101 Å². The minimum absolute atomic E-state index is 0.108. The molecule has 0 spiro atoms. The molecule has 6 nitrogen and oxygen atoms in total. The van der Waals surface area contributed by atoms with E-state index in [9.17, 15) is 14.5 Å². The smallest absolute Gasteiger partial charge is 0.356 e. The number of nitrogens with one attached hydrogen (secondary N) is 1. The zero-order chi connectivity index (χ0) is 13.2. The van der Waals surface area contributed by atoms with Crippen LogP contribution < -0.4 is 5.32 Å². The molecule has 0 unspecified atom stereocenters. The molecule has 0 aromatic rings. The summed E-state index contributed by atoms with van der Waals surface area (Å²) in [6.45, 7) is 3.79. The predicted octanol–water partition coefficient (Wildman–Crippen LogP) is 0.871. The Bertz CT molecular complexity index is 371. The number of rotatable bonds is 4. The van der Waals surface area contributed by atoms with Crippen LogP contribution >= 0.6 is 7.60 Å². The lowest BCUT2D eigenvalue weighted by Crippen LogP contribution is -2.28. The van der Waals surface area contributed by atoms with E-state index in [1.54, 1.807) is 6.08 Å². The average molecular weight is 263 g/mol. The van der Waals surface area contributed by atoms with Crippen LogP contribution in [0.3, 0.4) is 0 Å². The highest BCUT2D eigenvalue weighted by Gasteiger charge is 2.47. The van der Waals surface area contributed by atoms with E-state index < -0.39 is 25.4 Å². The third-order valence-electron chi connectivity index (χ3n) is 2.51. The highest BCUT2D eigenvalue weighted by molar-refractivity contribution is 7.55. The summed E-state index contributed by atoms with van der Waals surface area (Å²) in [5.41, 5.74) is 0.344. The first-order valence-corrected chi connectivity index (χ1v) is 6.88. The quantitative estimate of drug-likeness (QED) is 0.580. The van der Waals surface area contributed by atoms with Crippen LogP contribution in [0.15, 0.2) is 11.6 Å². The summed E-state index contributed by atoms with van der Waals surface area (Å²) in [6, 6.07) is 0. The Hall–Kier alpha value is -0.680. The van der Waals surface area contributed by atoms with E-state index in [1.807, 2.05) is 13.8 Å². The molecule has 0 saturated carbocycles. The molecule has 1 amide bonds. The number of carbonyl (C=O) groups is 1. The van der Waals surface area contributed by atoms with Gasteiger partial charge in [-0.1, -0.05) is 19.9 Å². The molecule has 1 saturated heterocycles. The zero-order valence-corrected chi connectivity index (χ0v) is 11.2. The van der Waals surface area contributed by atoms with Gasteiger partial charge in [0.25, 0.3) is 5.91 Å². The molecule has 2 N–H and O–H groups in total. The van der Waals surface area contributed by atoms with Crippen molar-refractivity contribution in [3.63, 3.8) is 0 Å². The van der Waals surface area contributed by atoms with E-state index in [0.717, 1.165) is 0 Å². The molecule has 0 aromatic carbocycles. The van der Waals surface area contributed by atoms with Gasteiger partial charge in [-0.25, -0.2) is 0 Å². The van der Waals surface area contributed by atoms with Crippen molar-refractivity contribution >= 4 is 13.5 Å². The molecule has 1 fully saturated rings. The van der Waals surface area contributed by atoms with Crippen molar-refractivity contribution in [2.75, 3.05) is 14.2 Å². The minimum atomic E-state index is -3.48. The standard InChI is InChI=1S/C10H18NO5P/c1-6(2)5-7-8(12)9(13)11-10(7)17(14,15-3)16-4/h5-6,8,10,12H,1-4H3,(H,11,13)/b7-5+/t8-,10+/m1/s1. The molecule has 0 aliphatic carbocycles. The van der Waals surface area contributed by atoms with Crippen molar-refractivity contribution in [1.29, 1.82) is 0 Å². The summed E-state index contributed by atoms with van der Waals surface area (Å²) in [6.07, 6.45) is 0.402. The molecule has 1 heterocycles.